The summed E-state index contributed by atoms with van der Waals surface area (Å²) in [7, 11) is 0. The van der Waals surface area contributed by atoms with Crippen LogP contribution in [0, 0.1) is 35.3 Å². The third-order valence-electron chi connectivity index (χ3n) is 8.57. The summed E-state index contributed by atoms with van der Waals surface area (Å²) < 4.78 is 40.0. The van der Waals surface area contributed by atoms with Crippen LogP contribution in [0.15, 0.2) is 6.07 Å². The van der Waals surface area contributed by atoms with Crippen molar-refractivity contribution in [2.24, 2.45) is 23.7 Å². The molecule has 1 aromatic carbocycles. The molecule has 1 aliphatic heterocycles. The highest BCUT2D eigenvalue weighted by atomic mass is 19.2. The minimum Gasteiger partial charge on any atom is -0.491 e. The third kappa shape index (κ3) is 5.59. The van der Waals surface area contributed by atoms with Crippen LogP contribution in [0.1, 0.15) is 103 Å². The van der Waals surface area contributed by atoms with Gasteiger partial charge in [-0.1, -0.05) is 45.4 Å². The van der Waals surface area contributed by atoms with Gasteiger partial charge in [0.15, 0.2) is 11.5 Å². The van der Waals surface area contributed by atoms with Crippen LogP contribution in [-0.4, -0.2) is 12.7 Å². The summed E-state index contributed by atoms with van der Waals surface area (Å²) in [6.45, 7) is 4.41. The van der Waals surface area contributed by atoms with Crippen LogP contribution >= 0.6 is 0 Å². The van der Waals surface area contributed by atoms with Crippen LogP contribution in [0.3, 0.4) is 0 Å². The fourth-order valence-corrected chi connectivity index (χ4v) is 6.68. The predicted molar refractivity (Wildman–Crippen MR) is 125 cm³/mol. The Kier molecular flexibility index (Phi) is 8.34. The summed E-state index contributed by atoms with van der Waals surface area (Å²) in [6.07, 6.45) is 17.8. The van der Waals surface area contributed by atoms with E-state index in [4.69, 9.17) is 9.47 Å². The fourth-order valence-electron chi connectivity index (χ4n) is 6.68. The summed E-state index contributed by atoms with van der Waals surface area (Å²) in [4.78, 5) is 0. The predicted octanol–water partition coefficient (Wildman–Crippen LogP) is 8.25. The molecule has 2 nitrogen and oxygen atoms in total. The summed E-state index contributed by atoms with van der Waals surface area (Å²) in [6, 6.07) is 1.62. The van der Waals surface area contributed by atoms with E-state index < -0.39 is 11.6 Å². The lowest BCUT2D eigenvalue weighted by molar-refractivity contribution is 0.119. The van der Waals surface area contributed by atoms with E-state index in [-0.39, 0.29) is 17.6 Å². The lowest BCUT2D eigenvalue weighted by Crippen LogP contribution is -2.27. The average Bonchev–Trinajstić information content (AvgIpc) is 2.82. The summed E-state index contributed by atoms with van der Waals surface area (Å²) in [5, 5.41) is 0. The first kappa shape index (κ1) is 23.8. The minimum atomic E-state index is -0.923. The molecular weight excluding hydrogens is 406 g/mol. The Morgan fingerprint density at radius 2 is 1.44 bits per heavy atom. The second-order valence-electron chi connectivity index (χ2n) is 10.6. The molecule has 0 saturated heterocycles. The van der Waals surface area contributed by atoms with Gasteiger partial charge in [0.1, 0.15) is 0 Å². The second-order valence-corrected chi connectivity index (χ2v) is 10.6. The van der Waals surface area contributed by atoms with Gasteiger partial charge in [-0.2, -0.15) is 8.78 Å². The molecule has 3 aliphatic rings. The molecule has 0 amide bonds. The third-order valence-corrected chi connectivity index (χ3v) is 8.57. The van der Waals surface area contributed by atoms with Gasteiger partial charge < -0.3 is 9.47 Å². The fraction of sp³-hybridized carbons (Fsp3) is 0.786. The number of aryl methyl sites for hydroxylation is 1. The zero-order chi connectivity index (χ0) is 22.5. The van der Waals surface area contributed by atoms with Gasteiger partial charge in [-0.05, 0) is 88.0 Å². The number of hydrogen-bond donors (Lipinski definition) is 0. The van der Waals surface area contributed by atoms with E-state index in [0.29, 0.717) is 6.61 Å². The Morgan fingerprint density at radius 3 is 2.03 bits per heavy atom. The maximum absolute atomic E-state index is 14.5. The van der Waals surface area contributed by atoms with Crippen molar-refractivity contribution in [1.82, 2.24) is 0 Å². The molecule has 32 heavy (non-hydrogen) atoms. The Balaban J connectivity index is 1.21. The SMILES string of the molecule is CCCC1CCC(C2CCC(CCC3CCc4cc(OCC)c(F)c(F)c4O3)CC2)CC1. The topological polar surface area (TPSA) is 18.5 Å². The minimum absolute atomic E-state index is 0.000843. The Morgan fingerprint density at radius 1 is 0.812 bits per heavy atom. The second kappa shape index (κ2) is 11.2. The zero-order valence-electron chi connectivity index (χ0n) is 20.1. The van der Waals surface area contributed by atoms with Gasteiger partial charge in [-0.15, -0.1) is 0 Å². The quantitative estimate of drug-likeness (QED) is 0.398. The molecule has 1 aromatic rings. The van der Waals surface area contributed by atoms with E-state index >= 15 is 0 Å². The highest BCUT2D eigenvalue weighted by molar-refractivity contribution is 5.44. The van der Waals surface area contributed by atoms with Crippen LogP contribution in [0.25, 0.3) is 0 Å². The van der Waals surface area contributed by atoms with Crippen molar-refractivity contribution in [2.75, 3.05) is 6.61 Å². The summed E-state index contributed by atoms with van der Waals surface area (Å²) in [5.41, 5.74) is 0.734. The number of fused-ring (bicyclic) bond motifs is 1. The van der Waals surface area contributed by atoms with Crippen LogP contribution < -0.4 is 9.47 Å². The van der Waals surface area contributed by atoms with E-state index in [0.717, 1.165) is 54.9 Å². The standard InChI is InChI=1S/C28H42F2O2/c1-3-5-19-6-11-21(12-7-19)22-13-8-20(9-14-22)10-16-24-17-15-23-18-25(31-4-2)26(29)27(30)28(23)32-24/h18-22,24H,3-17H2,1-2H3. The van der Waals surface area contributed by atoms with Crippen molar-refractivity contribution < 1.29 is 18.3 Å². The molecular formula is C28H42F2O2. The highest BCUT2D eigenvalue weighted by Crippen LogP contribution is 2.43. The van der Waals surface area contributed by atoms with Crippen molar-refractivity contribution in [1.29, 1.82) is 0 Å². The zero-order valence-corrected chi connectivity index (χ0v) is 20.1. The van der Waals surface area contributed by atoms with E-state index in [9.17, 15) is 8.78 Å². The number of hydrogen-bond acceptors (Lipinski definition) is 2. The molecule has 2 aliphatic carbocycles. The normalized spacial score (nSPS) is 30.4. The first-order valence-corrected chi connectivity index (χ1v) is 13.4. The molecule has 4 rings (SSSR count). The lowest BCUT2D eigenvalue weighted by Gasteiger charge is -2.38. The van der Waals surface area contributed by atoms with Crippen molar-refractivity contribution in [3.05, 3.63) is 23.3 Å². The van der Waals surface area contributed by atoms with E-state index in [1.807, 2.05) is 0 Å². The number of halogens is 2. The molecule has 0 N–H and O–H groups in total. The van der Waals surface area contributed by atoms with Gasteiger partial charge in [0.05, 0.1) is 12.7 Å². The Labute approximate surface area is 193 Å². The molecule has 4 heteroatoms. The van der Waals surface area contributed by atoms with Gasteiger partial charge in [0, 0.05) is 5.56 Å². The van der Waals surface area contributed by atoms with Crippen LogP contribution in [0.5, 0.6) is 11.5 Å². The molecule has 0 bridgehead atoms. The maximum Gasteiger partial charge on any atom is 0.204 e. The number of rotatable bonds is 8. The molecule has 2 saturated carbocycles. The molecule has 0 radical (unpaired) electrons. The van der Waals surface area contributed by atoms with Gasteiger partial charge >= 0.3 is 0 Å². The van der Waals surface area contributed by atoms with E-state index in [1.54, 1.807) is 13.0 Å². The van der Waals surface area contributed by atoms with Crippen LogP contribution in [0.2, 0.25) is 0 Å². The maximum atomic E-state index is 14.5. The molecule has 0 spiro atoms. The summed E-state index contributed by atoms with van der Waals surface area (Å²) >= 11 is 0. The molecule has 1 atom stereocenters. The van der Waals surface area contributed by atoms with Crippen molar-refractivity contribution >= 4 is 0 Å². The number of benzene rings is 1. The van der Waals surface area contributed by atoms with Crippen molar-refractivity contribution in [2.45, 2.75) is 110 Å². The van der Waals surface area contributed by atoms with Crippen molar-refractivity contribution in [3.8, 4) is 11.5 Å². The summed E-state index contributed by atoms with van der Waals surface area (Å²) in [5.74, 6) is 2.00. The molecule has 2 fully saturated rings. The number of ether oxygens (including phenoxy) is 2. The lowest BCUT2D eigenvalue weighted by atomic mass is 9.68. The molecule has 0 aromatic heterocycles. The van der Waals surface area contributed by atoms with Crippen molar-refractivity contribution in [3.63, 3.8) is 0 Å². The van der Waals surface area contributed by atoms with Gasteiger partial charge in [0.25, 0.3) is 0 Å². The van der Waals surface area contributed by atoms with E-state index in [2.05, 4.69) is 6.92 Å². The molecule has 1 heterocycles. The smallest absolute Gasteiger partial charge is 0.204 e. The van der Waals surface area contributed by atoms with E-state index in [1.165, 1.54) is 64.2 Å². The highest BCUT2D eigenvalue weighted by Gasteiger charge is 2.32. The molecule has 1 unspecified atom stereocenters. The van der Waals surface area contributed by atoms with Crippen LogP contribution in [-0.2, 0) is 6.42 Å². The monoisotopic (exact) mass is 448 g/mol. The van der Waals surface area contributed by atoms with Crippen LogP contribution in [0.4, 0.5) is 8.78 Å². The Hall–Kier alpha value is -1.32. The average molecular weight is 449 g/mol. The Bertz CT molecular complexity index is 733. The van der Waals surface area contributed by atoms with Gasteiger partial charge in [-0.25, -0.2) is 0 Å². The van der Waals surface area contributed by atoms with Gasteiger partial charge in [0.2, 0.25) is 11.6 Å². The first-order chi connectivity index (χ1) is 15.6. The molecule has 180 valence electrons. The first-order valence-electron chi connectivity index (χ1n) is 13.4. The largest absolute Gasteiger partial charge is 0.491 e. The van der Waals surface area contributed by atoms with Gasteiger partial charge in [-0.3, -0.25) is 0 Å².